The number of hydrogen-bond acceptors (Lipinski definition) is 6. The van der Waals surface area contributed by atoms with E-state index in [2.05, 4.69) is 26.7 Å². The highest BCUT2D eigenvalue weighted by atomic mass is 16.5. The van der Waals surface area contributed by atoms with Crippen molar-refractivity contribution in [3.8, 4) is 11.8 Å². The molecule has 0 radical (unpaired) electrons. The van der Waals surface area contributed by atoms with Crippen LogP contribution in [0.2, 0.25) is 0 Å². The number of aryl methyl sites for hydroxylation is 1. The Kier molecular flexibility index (Phi) is 5.28. The van der Waals surface area contributed by atoms with Crippen LogP contribution in [-0.4, -0.2) is 23.0 Å². The van der Waals surface area contributed by atoms with Gasteiger partial charge < -0.3 is 15.4 Å². The van der Waals surface area contributed by atoms with Crippen LogP contribution >= 0.6 is 0 Å². The van der Waals surface area contributed by atoms with Crippen LogP contribution in [0.15, 0.2) is 54.6 Å². The van der Waals surface area contributed by atoms with Crippen molar-refractivity contribution in [1.29, 1.82) is 5.26 Å². The van der Waals surface area contributed by atoms with Crippen molar-refractivity contribution in [2.75, 3.05) is 17.7 Å². The first-order valence-corrected chi connectivity index (χ1v) is 8.15. The maximum Gasteiger partial charge on any atom is 0.274 e. The van der Waals surface area contributed by atoms with Crippen molar-refractivity contribution in [3.63, 3.8) is 0 Å². The summed E-state index contributed by atoms with van der Waals surface area (Å²) >= 11 is 0. The van der Waals surface area contributed by atoms with Gasteiger partial charge in [0.2, 0.25) is 0 Å². The van der Waals surface area contributed by atoms with Gasteiger partial charge in [-0.05, 0) is 49.4 Å². The van der Waals surface area contributed by atoms with Crippen LogP contribution in [0.1, 0.15) is 21.9 Å². The fraction of sp³-hybridized carbons (Fsp3) is 0.100. The molecule has 134 valence electrons. The number of methoxy groups -OCH3 is 1. The van der Waals surface area contributed by atoms with Gasteiger partial charge in [0, 0.05) is 17.4 Å². The van der Waals surface area contributed by atoms with Gasteiger partial charge in [-0.1, -0.05) is 6.07 Å². The standard InChI is InChI=1S/C20H17N5O2/c1-13-22-18(20(26)25-15-6-8-17(27-2)9-7-15)11-19(23-13)24-16-5-3-4-14(10-16)12-21/h3-11H,1-2H3,(H,25,26)(H,22,23,24). The van der Waals surface area contributed by atoms with E-state index in [0.717, 1.165) is 0 Å². The predicted molar refractivity (Wildman–Crippen MR) is 102 cm³/mol. The fourth-order valence-electron chi connectivity index (χ4n) is 2.43. The van der Waals surface area contributed by atoms with E-state index in [0.29, 0.717) is 34.3 Å². The quantitative estimate of drug-likeness (QED) is 0.721. The molecule has 2 aromatic carbocycles. The molecular formula is C20H17N5O2. The lowest BCUT2D eigenvalue weighted by Gasteiger charge is -2.10. The van der Waals surface area contributed by atoms with Crippen LogP contribution in [0.3, 0.4) is 0 Å². The van der Waals surface area contributed by atoms with E-state index in [1.54, 1.807) is 62.6 Å². The average molecular weight is 359 g/mol. The van der Waals surface area contributed by atoms with Crippen molar-refractivity contribution in [1.82, 2.24) is 9.97 Å². The number of carbonyl (C=O) groups is 1. The Bertz CT molecular complexity index is 1010. The molecule has 0 spiro atoms. The number of amides is 1. The van der Waals surface area contributed by atoms with Crippen LogP contribution in [0.4, 0.5) is 17.2 Å². The molecule has 0 fully saturated rings. The highest BCUT2D eigenvalue weighted by Crippen LogP contribution is 2.19. The van der Waals surface area contributed by atoms with E-state index in [9.17, 15) is 4.79 Å². The normalized spacial score (nSPS) is 9.96. The van der Waals surface area contributed by atoms with Crippen LogP contribution < -0.4 is 15.4 Å². The largest absolute Gasteiger partial charge is 0.497 e. The van der Waals surface area contributed by atoms with E-state index < -0.39 is 0 Å². The zero-order valence-electron chi connectivity index (χ0n) is 14.9. The first-order chi connectivity index (χ1) is 13.1. The summed E-state index contributed by atoms with van der Waals surface area (Å²) in [7, 11) is 1.58. The maximum atomic E-state index is 12.5. The van der Waals surface area contributed by atoms with Gasteiger partial charge in [-0.25, -0.2) is 9.97 Å². The molecule has 3 aromatic rings. The molecule has 7 nitrogen and oxygen atoms in total. The van der Waals surface area contributed by atoms with E-state index in [1.165, 1.54) is 0 Å². The molecule has 0 unspecified atom stereocenters. The average Bonchev–Trinajstić information content (AvgIpc) is 2.68. The number of carbonyl (C=O) groups excluding carboxylic acids is 1. The Balaban J connectivity index is 1.79. The number of nitrogens with one attached hydrogen (secondary N) is 2. The summed E-state index contributed by atoms with van der Waals surface area (Å²) in [6.07, 6.45) is 0. The number of anilines is 3. The van der Waals surface area contributed by atoms with E-state index in [-0.39, 0.29) is 11.6 Å². The molecule has 0 atom stereocenters. The number of benzene rings is 2. The summed E-state index contributed by atoms with van der Waals surface area (Å²) in [5.41, 5.74) is 2.10. The molecular weight excluding hydrogens is 342 g/mol. The van der Waals surface area contributed by atoms with E-state index >= 15 is 0 Å². The molecule has 2 N–H and O–H groups in total. The third kappa shape index (κ3) is 4.58. The smallest absolute Gasteiger partial charge is 0.274 e. The molecule has 0 aliphatic rings. The number of rotatable bonds is 5. The van der Waals surface area contributed by atoms with Gasteiger partial charge in [-0.15, -0.1) is 0 Å². The van der Waals surface area contributed by atoms with Crippen molar-refractivity contribution >= 4 is 23.1 Å². The maximum absolute atomic E-state index is 12.5. The molecule has 27 heavy (non-hydrogen) atoms. The van der Waals surface area contributed by atoms with Crippen molar-refractivity contribution in [2.45, 2.75) is 6.92 Å². The number of nitriles is 1. The predicted octanol–water partition coefficient (Wildman–Crippen LogP) is 3.66. The molecule has 0 aliphatic carbocycles. The van der Waals surface area contributed by atoms with Gasteiger partial charge in [0.05, 0.1) is 18.7 Å². The number of aromatic nitrogens is 2. The molecule has 1 heterocycles. The molecule has 1 amide bonds. The second kappa shape index (κ2) is 7.97. The molecule has 0 saturated carbocycles. The fourth-order valence-corrected chi connectivity index (χ4v) is 2.43. The lowest BCUT2D eigenvalue weighted by molar-refractivity contribution is 0.102. The lowest BCUT2D eigenvalue weighted by Crippen LogP contribution is -2.15. The van der Waals surface area contributed by atoms with Crippen molar-refractivity contribution in [2.24, 2.45) is 0 Å². The van der Waals surface area contributed by atoms with Gasteiger partial charge in [-0.3, -0.25) is 4.79 Å². The number of ether oxygens (including phenoxy) is 1. The minimum absolute atomic E-state index is 0.234. The van der Waals surface area contributed by atoms with E-state index in [4.69, 9.17) is 10.00 Å². The number of nitrogens with zero attached hydrogens (tertiary/aromatic N) is 3. The van der Waals surface area contributed by atoms with Crippen LogP contribution in [0.25, 0.3) is 0 Å². The molecule has 3 rings (SSSR count). The van der Waals surface area contributed by atoms with Gasteiger partial charge in [0.15, 0.2) is 0 Å². The van der Waals surface area contributed by atoms with Gasteiger partial charge >= 0.3 is 0 Å². The molecule has 7 heteroatoms. The third-order valence-corrected chi connectivity index (χ3v) is 3.68. The summed E-state index contributed by atoms with van der Waals surface area (Å²) in [6.45, 7) is 1.71. The zero-order chi connectivity index (χ0) is 19.2. The Hall–Kier alpha value is -3.92. The van der Waals surface area contributed by atoms with E-state index in [1.807, 2.05) is 6.07 Å². The third-order valence-electron chi connectivity index (χ3n) is 3.68. The highest BCUT2D eigenvalue weighted by Gasteiger charge is 2.11. The minimum atomic E-state index is -0.348. The van der Waals surface area contributed by atoms with Crippen molar-refractivity contribution < 1.29 is 9.53 Å². The molecule has 1 aromatic heterocycles. The second-order valence-corrected chi connectivity index (χ2v) is 5.69. The Morgan fingerprint density at radius 2 is 1.85 bits per heavy atom. The summed E-state index contributed by atoms with van der Waals surface area (Å²) < 4.78 is 5.10. The monoisotopic (exact) mass is 359 g/mol. The Labute approximate surface area is 156 Å². The highest BCUT2D eigenvalue weighted by molar-refractivity contribution is 6.03. The van der Waals surface area contributed by atoms with Gasteiger partial charge in [-0.2, -0.15) is 5.26 Å². The second-order valence-electron chi connectivity index (χ2n) is 5.69. The summed E-state index contributed by atoms with van der Waals surface area (Å²) in [6, 6.07) is 17.7. The first kappa shape index (κ1) is 17.9. The molecule has 0 saturated heterocycles. The molecule has 0 bridgehead atoms. The Morgan fingerprint density at radius 3 is 2.56 bits per heavy atom. The van der Waals surface area contributed by atoms with Gasteiger partial charge in [0.1, 0.15) is 23.1 Å². The minimum Gasteiger partial charge on any atom is -0.497 e. The topological polar surface area (TPSA) is 99.9 Å². The molecule has 0 aliphatic heterocycles. The van der Waals surface area contributed by atoms with Crippen LogP contribution in [-0.2, 0) is 0 Å². The summed E-state index contributed by atoms with van der Waals surface area (Å²) in [5, 5.41) is 14.9. The van der Waals surface area contributed by atoms with Crippen molar-refractivity contribution in [3.05, 3.63) is 71.7 Å². The lowest BCUT2D eigenvalue weighted by atomic mass is 10.2. The summed E-state index contributed by atoms with van der Waals surface area (Å²) in [5.74, 6) is 1.28. The van der Waals surface area contributed by atoms with Gasteiger partial charge in [0.25, 0.3) is 5.91 Å². The summed E-state index contributed by atoms with van der Waals surface area (Å²) in [4.78, 5) is 21.0. The first-order valence-electron chi connectivity index (χ1n) is 8.15. The zero-order valence-corrected chi connectivity index (χ0v) is 14.9. The number of hydrogen-bond donors (Lipinski definition) is 2. The Morgan fingerprint density at radius 1 is 1.07 bits per heavy atom. The van der Waals surface area contributed by atoms with Crippen LogP contribution in [0.5, 0.6) is 5.75 Å². The SMILES string of the molecule is COc1ccc(NC(=O)c2cc(Nc3cccc(C#N)c3)nc(C)n2)cc1. The van der Waals surface area contributed by atoms with Crippen LogP contribution in [0, 0.1) is 18.3 Å².